The zero-order valence-corrected chi connectivity index (χ0v) is 20.5. The van der Waals surface area contributed by atoms with E-state index < -0.39 is 70.0 Å². The third kappa shape index (κ3) is 6.35. The number of nitrogens with zero attached hydrogens (tertiary/aromatic N) is 1. The summed E-state index contributed by atoms with van der Waals surface area (Å²) in [6, 6.07) is 6.33. The van der Waals surface area contributed by atoms with Gasteiger partial charge in [0.25, 0.3) is 5.92 Å². The fourth-order valence-electron chi connectivity index (χ4n) is 3.78. The summed E-state index contributed by atoms with van der Waals surface area (Å²) in [5.41, 5.74) is -7.69. The van der Waals surface area contributed by atoms with Crippen molar-refractivity contribution < 1.29 is 52.9 Å². The second kappa shape index (κ2) is 9.78. The molecule has 1 fully saturated rings. The van der Waals surface area contributed by atoms with Gasteiger partial charge in [0.15, 0.2) is 6.10 Å². The average Bonchev–Trinajstić information content (AvgIpc) is 2.97. The minimum absolute atomic E-state index is 0.0764. The van der Waals surface area contributed by atoms with E-state index in [4.69, 9.17) is 4.74 Å². The van der Waals surface area contributed by atoms with Gasteiger partial charge in [0.1, 0.15) is 17.2 Å². The largest absolute Gasteiger partial charge is 0.523 e. The van der Waals surface area contributed by atoms with Gasteiger partial charge >= 0.3 is 21.7 Å². The number of hydrogen-bond acceptors (Lipinski definition) is 5. The van der Waals surface area contributed by atoms with Crippen LogP contribution in [0.2, 0.25) is 0 Å². The zero-order valence-electron chi connectivity index (χ0n) is 19.7. The van der Waals surface area contributed by atoms with Crippen molar-refractivity contribution >= 4 is 16.2 Å². The summed E-state index contributed by atoms with van der Waals surface area (Å²) in [5.74, 6) is -6.01. The van der Waals surface area contributed by atoms with Crippen LogP contribution in [0, 0.1) is 11.6 Å². The molecule has 6 nitrogen and oxygen atoms in total. The maximum Gasteiger partial charge on any atom is 0.523 e. The summed E-state index contributed by atoms with van der Waals surface area (Å²) in [6.07, 6.45) is -5.28. The van der Waals surface area contributed by atoms with E-state index in [1.807, 2.05) is 0 Å². The molecule has 0 radical (unpaired) electrons. The van der Waals surface area contributed by atoms with Crippen molar-refractivity contribution in [2.45, 2.75) is 56.4 Å². The minimum Gasteiger partial charge on any atom is -0.444 e. The predicted octanol–water partition coefficient (Wildman–Crippen LogP) is 5.66. The Labute approximate surface area is 208 Å². The van der Waals surface area contributed by atoms with E-state index in [9.17, 15) is 39.6 Å². The van der Waals surface area contributed by atoms with Gasteiger partial charge in [-0.05, 0) is 50.5 Å². The van der Waals surface area contributed by atoms with Gasteiger partial charge in [-0.1, -0.05) is 30.3 Å². The number of alkyl halides is 5. The Hall–Kier alpha value is -2.87. The topological polar surface area (TPSA) is 72.9 Å². The van der Waals surface area contributed by atoms with Gasteiger partial charge in [-0.2, -0.15) is 21.6 Å². The summed E-state index contributed by atoms with van der Waals surface area (Å²) in [5, 5.41) is 0. The summed E-state index contributed by atoms with van der Waals surface area (Å²) < 4.78 is 130. The third-order valence-electron chi connectivity index (χ3n) is 5.33. The molecule has 0 bridgehead atoms. The highest BCUT2D eigenvalue weighted by Gasteiger charge is 2.62. The van der Waals surface area contributed by atoms with Crippen LogP contribution in [0.25, 0.3) is 11.1 Å². The van der Waals surface area contributed by atoms with Crippen LogP contribution in [0.3, 0.4) is 0 Å². The molecule has 37 heavy (non-hydrogen) atoms. The summed E-state index contributed by atoms with van der Waals surface area (Å²) in [7, 11) is -6.52. The standard InChI is InChI=1S/C23H22F7NO5S/c1-21(2,3)35-20(32)31-12-22(26,27)19(36-37(33,34)23(28,29)30)17(31)11-14-7-5-9-16(18(14)25)13-6-4-8-15(24)10-13/h4-10,17,19H,11-12H2,1-3H3. The van der Waals surface area contributed by atoms with E-state index >= 15 is 4.39 Å². The average molecular weight is 557 g/mol. The number of ether oxygens (including phenoxy) is 1. The van der Waals surface area contributed by atoms with Crippen LogP contribution in [0.5, 0.6) is 0 Å². The lowest BCUT2D eigenvalue weighted by Gasteiger charge is -2.30. The van der Waals surface area contributed by atoms with Gasteiger partial charge in [0.2, 0.25) is 0 Å². The first-order valence-electron chi connectivity index (χ1n) is 10.7. The minimum atomic E-state index is -6.52. The van der Waals surface area contributed by atoms with Crippen molar-refractivity contribution in [1.29, 1.82) is 0 Å². The van der Waals surface area contributed by atoms with Gasteiger partial charge in [0, 0.05) is 5.56 Å². The highest BCUT2D eigenvalue weighted by Crippen LogP contribution is 2.41. The van der Waals surface area contributed by atoms with Crippen LogP contribution in [0.15, 0.2) is 42.5 Å². The van der Waals surface area contributed by atoms with Crippen LogP contribution in [0.4, 0.5) is 35.5 Å². The van der Waals surface area contributed by atoms with Gasteiger partial charge in [0.05, 0.1) is 12.6 Å². The molecule has 3 rings (SSSR count). The smallest absolute Gasteiger partial charge is 0.444 e. The van der Waals surface area contributed by atoms with Crippen LogP contribution >= 0.6 is 0 Å². The highest BCUT2D eigenvalue weighted by atomic mass is 32.2. The fourth-order valence-corrected chi connectivity index (χ4v) is 4.44. The van der Waals surface area contributed by atoms with E-state index in [1.54, 1.807) is 0 Å². The number of benzene rings is 2. The lowest BCUT2D eigenvalue weighted by Crippen LogP contribution is -2.47. The molecular formula is C23H22F7NO5S. The molecule has 14 heteroatoms. The normalized spacial score (nSPS) is 20.2. The molecule has 2 unspecified atom stereocenters. The Kier molecular flexibility index (Phi) is 7.59. The number of rotatable bonds is 5. The van der Waals surface area contributed by atoms with E-state index in [0.717, 1.165) is 18.2 Å². The van der Waals surface area contributed by atoms with Gasteiger partial charge < -0.3 is 4.74 Å². The van der Waals surface area contributed by atoms with E-state index in [-0.39, 0.29) is 16.7 Å². The van der Waals surface area contributed by atoms with Crippen molar-refractivity contribution in [3.05, 3.63) is 59.7 Å². The molecule has 0 aromatic heterocycles. The maximum atomic E-state index is 15.4. The molecule has 1 amide bonds. The quantitative estimate of drug-likeness (QED) is 0.270. The SMILES string of the molecule is CC(C)(C)OC(=O)N1CC(F)(F)C(OS(=O)(=O)C(F)(F)F)C1Cc1cccc(-c2cccc(F)c2)c1F. The molecule has 1 heterocycles. The van der Waals surface area contributed by atoms with Crippen LogP contribution in [-0.4, -0.2) is 55.1 Å². The number of carbonyl (C=O) groups excluding carboxylic acids is 1. The lowest BCUT2D eigenvalue weighted by molar-refractivity contribution is -0.0902. The van der Waals surface area contributed by atoms with E-state index in [2.05, 4.69) is 4.18 Å². The van der Waals surface area contributed by atoms with Crippen molar-refractivity contribution in [2.75, 3.05) is 6.54 Å². The fraction of sp³-hybridized carbons (Fsp3) is 0.435. The molecule has 0 saturated carbocycles. The third-order valence-corrected chi connectivity index (χ3v) is 6.36. The molecule has 2 aromatic rings. The number of likely N-dealkylation sites (tertiary alicyclic amines) is 1. The van der Waals surface area contributed by atoms with Crippen LogP contribution in [-0.2, 0) is 25.5 Å². The number of halogens is 7. The first kappa shape index (κ1) is 28.7. The summed E-state index contributed by atoms with van der Waals surface area (Å²) >= 11 is 0. The molecule has 1 aliphatic heterocycles. The molecule has 1 aliphatic rings. The van der Waals surface area contributed by atoms with Crippen LogP contribution in [0.1, 0.15) is 26.3 Å². The Morgan fingerprint density at radius 1 is 1.08 bits per heavy atom. The molecule has 0 spiro atoms. The number of hydrogen-bond donors (Lipinski definition) is 0. The maximum absolute atomic E-state index is 15.4. The Morgan fingerprint density at radius 2 is 1.70 bits per heavy atom. The predicted molar refractivity (Wildman–Crippen MR) is 117 cm³/mol. The number of carbonyl (C=O) groups is 1. The van der Waals surface area contributed by atoms with Crippen molar-refractivity contribution in [1.82, 2.24) is 4.90 Å². The monoisotopic (exact) mass is 557 g/mol. The molecule has 2 atom stereocenters. The zero-order chi connectivity index (χ0) is 28.0. The highest BCUT2D eigenvalue weighted by molar-refractivity contribution is 7.87. The lowest BCUT2D eigenvalue weighted by atomic mass is 9.96. The molecule has 204 valence electrons. The van der Waals surface area contributed by atoms with Crippen molar-refractivity contribution in [3.8, 4) is 11.1 Å². The van der Waals surface area contributed by atoms with Gasteiger partial charge in [-0.15, -0.1) is 0 Å². The Morgan fingerprint density at radius 3 is 2.27 bits per heavy atom. The Bertz CT molecular complexity index is 1270. The van der Waals surface area contributed by atoms with Crippen molar-refractivity contribution in [3.63, 3.8) is 0 Å². The first-order valence-corrected chi connectivity index (χ1v) is 12.1. The van der Waals surface area contributed by atoms with Crippen LogP contribution < -0.4 is 0 Å². The summed E-state index contributed by atoms with van der Waals surface area (Å²) in [6.45, 7) is 2.66. The molecule has 0 aliphatic carbocycles. The number of amides is 1. The van der Waals surface area contributed by atoms with Crippen molar-refractivity contribution in [2.24, 2.45) is 0 Å². The van der Waals surface area contributed by atoms with Gasteiger partial charge in [-0.3, -0.25) is 9.08 Å². The first-order chi connectivity index (χ1) is 16.8. The van der Waals surface area contributed by atoms with E-state index in [0.29, 0.717) is 4.90 Å². The molecular weight excluding hydrogens is 535 g/mol. The van der Waals surface area contributed by atoms with E-state index in [1.165, 1.54) is 45.0 Å². The molecule has 2 aromatic carbocycles. The molecule has 0 N–H and O–H groups in total. The molecule has 1 saturated heterocycles. The summed E-state index contributed by atoms with van der Waals surface area (Å²) in [4.78, 5) is 13.0. The second-order valence-corrected chi connectivity index (χ2v) is 10.9. The second-order valence-electron chi connectivity index (χ2n) is 9.35. The Balaban J connectivity index is 2.07. The van der Waals surface area contributed by atoms with Gasteiger partial charge in [-0.25, -0.2) is 22.4 Å².